The molecule has 13 heteroatoms. The van der Waals surface area contributed by atoms with Crippen molar-refractivity contribution in [2.45, 2.75) is 18.1 Å². The highest BCUT2D eigenvalue weighted by atomic mass is 35.5. The molecule has 1 atom stereocenters. The number of benzene rings is 2. The average Bonchev–Trinajstić information content (AvgIpc) is 3.46. The van der Waals surface area contributed by atoms with E-state index in [4.69, 9.17) is 34.8 Å². The van der Waals surface area contributed by atoms with E-state index in [1.54, 1.807) is 42.8 Å². The van der Waals surface area contributed by atoms with Gasteiger partial charge in [-0.3, -0.25) is 9.59 Å². The van der Waals surface area contributed by atoms with Crippen molar-refractivity contribution in [2.24, 2.45) is 7.05 Å². The summed E-state index contributed by atoms with van der Waals surface area (Å²) in [7, 11) is 1.77. The molecule has 0 aliphatic rings. The van der Waals surface area contributed by atoms with Crippen LogP contribution in [0.4, 0.5) is 5.13 Å². The second-order valence-corrected chi connectivity index (χ2v) is 10.7. The second-order valence-electron chi connectivity index (χ2n) is 7.61. The quantitative estimate of drug-likeness (QED) is 0.243. The molecular weight excluding hydrogens is 563 g/mol. The Morgan fingerprint density at radius 1 is 1.08 bits per heavy atom. The summed E-state index contributed by atoms with van der Waals surface area (Å²) in [6.45, 7) is 1.79. The molecule has 2 heterocycles. The lowest BCUT2D eigenvalue weighted by Gasteiger charge is -2.14. The van der Waals surface area contributed by atoms with Gasteiger partial charge in [-0.2, -0.15) is 0 Å². The number of anilines is 1. The highest BCUT2D eigenvalue weighted by Gasteiger charge is 2.20. The van der Waals surface area contributed by atoms with Crippen LogP contribution in [-0.2, 0) is 11.8 Å². The zero-order chi connectivity index (χ0) is 25.8. The number of halogens is 3. The molecule has 0 saturated carbocycles. The number of carbonyl (C=O) groups excluding carboxylic acids is 2. The first-order valence-corrected chi connectivity index (χ1v) is 13.5. The van der Waals surface area contributed by atoms with E-state index in [2.05, 4.69) is 25.8 Å². The first-order valence-electron chi connectivity index (χ1n) is 10.5. The maximum atomic E-state index is 12.6. The van der Waals surface area contributed by atoms with Gasteiger partial charge in [0.25, 0.3) is 5.91 Å². The van der Waals surface area contributed by atoms with Gasteiger partial charge < -0.3 is 15.2 Å². The maximum absolute atomic E-state index is 12.6. The number of thiazole rings is 1. The number of thioether (sulfide) groups is 1. The lowest BCUT2D eigenvalue weighted by molar-refractivity contribution is -0.113. The Kier molecular flexibility index (Phi) is 8.53. The van der Waals surface area contributed by atoms with Gasteiger partial charge in [0.2, 0.25) is 5.91 Å². The smallest absolute Gasteiger partial charge is 0.251 e. The standard InChI is InChI=1S/C23H19Cl3N6O2S2/c1-12(27-21(34)14-5-8-16(25)17(26)9-14)20-30-31-23(32(20)2)36-11-19(33)29-22-28-18(10-35-22)13-3-6-15(24)7-4-13/h3-10,12H,11H2,1-2H3,(H,27,34)(H,28,29,33)/t12-/m0/s1. The van der Waals surface area contributed by atoms with Crippen LogP contribution in [0.2, 0.25) is 15.1 Å². The number of amides is 2. The van der Waals surface area contributed by atoms with Gasteiger partial charge in [-0.05, 0) is 37.3 Å². The number of carbonyl (C=O) groups is 2. The molecule has 8 nitrogen and oxygen atoms in total. The van der Waals surface area contributed by atoms with Crippen molar-refractivity contribution in [2.75, 3.05) is 11.1 Å². The van der Waals surface area contributed by atoms with E-state index in [-0.39, 0.29) is 17.6 Å². The third-order valence-electron chi connectivity index (χ3n) is 5.01. The van der Waals surface area contributed by atoms with Crippen LogP contribution in [0.1, 0.15) is 29.1 Å². The molecule has 186 valence electrons. The highest BCUT2D eigenvalue weighted by Crippen LogP contribution is 2.27. The molecular formula is C23H19Cl3N6O2S2. The summed E-state index contributed by atoms with van der Waals surface area (Å²) in [5.74, 6) is 0.117. The summed E-state index contributed by atoms with van der Waals surface area (Å²) >= 11 is 20.4. The lowest BCUT2D eigenvalue weighted by Crippen LogP contribution is -2.28. The van der Waals surface area contributed by atoms with Gasteiger partial charge in [0, 0.05) is 28.6 Å². The molecule has 0 saturated heterocycles. The van der Waals surface area contributed by atoms with Crippen LogP contribution in [0.15, 0.2) is 53.0 Å². The van der Waals surface area contributed by atoms with Crippen LogP contribution in [0.25, 0.3) is 11.3 Å². The molecule has 0 aliphatic heterocycles. The van der Waals surface area contributed by atoms with Crippen LogP contribution in [-0.4, -0.2) is 37.3 Å². The highest BCUT2D eigenvalue weighted by molar-refractivity contribution is 7.99. The summed E-state index contributed by atoms with van der Waals surface area (Å²) < 4.78 is 1.74. The summed E-state index contributed by atoms with van der Waals surface area (Å²) in [5.41, 5.74) is 2.05. The number of nitrogens with one attached hydrogen (secondary N) is 2. The van der Waals surface area contributed by atoms with Crippen LogP contribution in [0.3, 0.4) is 0 Å². The van der Waals surface area contributed by atoms with E-state index in [0.717, 1.165) is 11.3 Å². The van der Waals surface area contributed by atoms with E-state index in [1.165, 1.54) is 29.2 Å². The van der Waals surface area contributed by atoms with Crippen LogP contribution < -0.4 is 10.6 Å². The van der Waals surface area contributed by atoms with Crippen molar-refractivity contribution >= 4 is 74.8 Å². The van der Waals surface area contributed by atoms with Gasteiger partial charge in [0.15, 0.2) is 16.1 Å². The fourth-order valence-electron chi connectivity index (χ4n) is 3.18. The first kappa shape index (κ1) is 26.4. The van der Waals surface area contributed by atoms with Gasteiger partial charge in [0.05, 0.1) is 27.5 Å². The maximum Gasteiger partial charge on any atom is 0.251 e. The van der Waals surface area contributed by atoms with E-state index in [1.807, 2.05) is 17.5 Å². The van der Waals surface area contributed by atoms with Crippen LogP contribution in [0.5, 0.6) is 0 Å². The van der Waals surface area contributed by atoms with Crippen molar-refractivity contribution in [3.63, 3.8) is 0 Å². The number of rotatable bonds is 8. The number of hydrogen-bond acceptors (Lipinski definition) is 7. The third kappa shape index (κ3) is 6.37. The van der Waals surface area contributed by atoms with Gasteiger partial charge in [0.1, 0.15) is 0 Å². The molecule has 0 bridgehead atoms. The second kappa shape index (κ2) is 11.6. The molecule has 36 heavy (non-hydrogen) atoms. The van der Waals surface area contributed by atoms with E-state index in [9.17, 15) is 9.59 Å². The summed E-state index contributed by atoms with van der Waals surface area (Å²) in [6, 6.07) is 11.6. The minimum absolute atomic E-state index is 0.117. The molecule has 2 amide bonds. The Hall–Kier alpha value is -2.63. The monoisotopic (exact) mass is 580 g/mol. The minimum atomic E-state index is -0.436. The average molecular weight is 582 g/mol. The molecule has 0 aliphatic carbocycles. The normalized spacial score (nSPS) is 11.8. The Morgan fingerprint density at radius 3 is 2.56 bits per heavy atom. The predicted molar refractivity (Wildman–Crippen MR) is 145 cm³/mol. The topological polar surface area (TPSA) is 102 Å². The van der Waals surface area contributed by atoms with Gasteiger partial charge in [-0.25, -0.2) is 4.98 Å². The molecule has 0 spiro atoms. The molecule has 0 radical (unpaired) electrons. The third-order valence-corrected chi connectivity index (χ3v) is 7.78. The fourth-order valence-corrected chi connectivity index (χ4v) is 5.06. The number of aromatic nitrogens is 4. The molecule has 2 aromatic carbocycles. The molecule has 2 N–H and O–H groups in total. The fraction of sp³-hybridized carbons (Fsp3) is 0.174. The van der Waals surface area contributed by atoms with E-state index < -0.39 is 6.04 Å². The summed E-state index contributed by atoms with van der Waals surface area (Å²) in [6.07, 6.45) is 0. The van der Waals surface area contributed by atoms with Gasteiger partial charge in [-0.15, -0.1) is 21.5 Å². The summed E-state index contributed by atoms with van der Waals surface area (Å²) in [5, 5.41) is 18.2. The molecule has 4 rings (SSSR count). The van der Waals surface area contributed by atoms with Crippen molar-refractivity contribution in [1.29, 1.82) is 0 Å². The first-order chi connectivity index (χ1) is 17.2. The molecule has 0 fully saturated rings. The largest absolute Gasteiger partial charge is 0.342 e. The zero-order valence-corrected chi connectivity index (χ0v) is 22.9. The Bertz CT molecular complexity index is 1410. The van der Waals surface area contributed by atoms with Crippen molar-refractivity contribution in [3.05, 3.63) is 74.3 Å². The van der Waals surface area contributed by atoms with Crippen molar-refractivity contribution in [3.8, 4) is 11.3 Å². The molecule has 4 aromatic rings. The van der Waals surface area contributed by atoms with Gasteiger partial charge >= 0.3 is 0 Å². The Labute approximate surface area is 230 Å². The molecule has 2 aromatic heterocycles. The van der Waals surface area contributed by atoms with E-state index >= 15 is 0 Å². The SMILES string of the molecule is C[C@H](NC(=O)c1ccc(Cl)c(Cl)c1)c1nnc(SCC(=O)Nc2nc(-c3ccc(Cl)cc3)cs2)n1C. The van der Waals surface area contributed by atoms with Crippen molar-refractivity contribution in [1.82, 2.24) is 25.1 Å². The van der Waals surface area contributed by atoms with Gasteiger partial charge in [-0.1, -0.05) is 58.7 Å². The van der Waals surface area contributed by atoms with Crippen molar-refractivity contribution < 1.29 is 9.59 Å². The zero-order valence-electron chi connectivity index (χ0n) is 19.0. The number of nitrogens with zero attached hydrogens (tertiary/aromatic N) is 4. The predicted octanol–water partition coefficient (Wildman–Crippen LogP) is 6.12. The Balaban J connectivity index is 1.32. The molecule has 0 unspecified atom stereocenters. The van der Waals surface area contributed by atoms with Crippen LogP contribution >= 0.6 is 57.9 Å². The van der Waals surface area contributed by atoms with E-state index in [0.29, 0.717) is 36.7 Å². The van der Waals surface area contributed by atoms with Crippen LogP contribution in [0, 0.1) is 0 Å². The summed E-state index contributed by atoms with van der Waals surface area (Å²) in [4.78, 5) is 29.5. The Morgan fingerprint density at radius 2 is 1.83 bits per heavy atom. The number of hydrogen-bond donors (Lipinski definition) is 2. The minimum Gasteiger partial charge on any atom is -0.342 e. The lowest BCUT2D eigenvalue weighted by atomic mass is 10.2.